The fourth-order valence-electron chi connectivity index (χ4n) is 1.38. The molecule has 78 valence electrons. The largest absolute Gasteiger partial charge is 0.437 e. The molecule has 1 aliphatic rings. The van der Waals surface area contributed by atoms with E-state index in [1.807, 2.05) is 13.8 Å². The fraction of sp³-hybridized carbons (Fsp3) is 0.667. The third-order valence-electron chi connectivity index (χ3n) is 2.39. The minimum Gasteiger partial charge on any atom is -0.437 e. The number of hydrogen-bond acceptors (Lipinski definition) is 5. The number of nitrogens with zero attached hydrogens (tertiary/aromatic N) is 1. The van der Waals surface area contributed by atoms with Crippen LogP contribution in [0.4, 0.5) is 0 Å². The Labute approximate surface area is 87.1 Å². The van der Waals surface area contributed by atoms with Crippen molar-refractivity contribution in [2.24, 2.45) is 0 Å². The molecule has 0 saturated carbocycles. The van der Waals surface area contributed by atoms with Crippen LogP contribution in [0.25, 0.3) is 0 Å². The number of β-amino-alcohol motifs (C(OH)–C–C–N with tert-alkyl or cyclic N) is 1. The zero-order valence-electron chi connectivity index (χ0n) is 8.28. The molecule has 2 unspecified atom stereocenters. The maximum Gasteiger partial charge on any atom is 0.256 e. The van der Waals surface area contributed by atoms with Crippen molar-refractivity contribution in [1.29, 1.82) is 0 Å². The first kappa shape index (κ1) is 10.0. The van der Waals surface area contributed by atoms with E-state index < -0.39 is 0 Å². The van der Waals surface area contributed by atoms with E-state index in [4.69, 9.17) is 4.42 Å². The van der Waals surface area contributed by atoms with Gasteiger partial charge in [-0.2, -0.15) is 0 Å². The number of rotatable bonds is 2. The molecule has 5 heteroatoms. The molecule has 0 radical (unpaired) electrons. The molecule has 14 heavy (non-hydrogen) atoms. The van der Waals surface area contributed by atoms with Crippen molar-refractivity contribution in [3.63, 3.8) is 0 Å². The van der Waals surface area contributed by atoms with Crippen molar-refractivity contribution in [3.8, 4) is 0 Å². The van der Waals surface area contributed by atoms with Crippen LogP contribution >= 0.6 is 11.8 Å². The first-order valence-electron chi connectivity index (χ1n) is 4.66. The number of hydrogen-bond donors (Lipinski definition) is 2. The third kappa shape index (κ3) is 1.94. The second kappa shape index (κ2) is 3.92. The number of nitrogens with one attached hydrogen (secondary N) is 1. The number of aryl methyl sites for hydroxylation is 2. The van der Waals surface area contributed by atoms with E-state index in [2.05, 4.69) is 10.3 Å². The third-order valence-corrected chi connectivity index (χ3v) is 3.55. The highest BCUT2D eigenvalue weighted by atomic mass is 32.2. The maximum atomic E-state index is 9.57. The molecule has 1 aliphatic heterocycles. The molecular weight excluding hydrogens is 200 g/mol. The second-order valence-corrected chi connectivity index (χ2v) is 4.69. The molecular formula is C9H14N2O2S. The molecule has 0 bridgehead atoms. The maximum absolute atomic E-state index is 9.57. The zero-order chi connectivity index (χ0) is 10.1. The Morgan fingerprint density at radius 2 is 2.29 bits per heavy atom. The smallest absolute Gasteiger partial charge is 0.256 e. The Morgan fingerprint density at radius 3 is 2.79 bits per heavy atom. The number of oxazole rings is 1. The summed E-state index contributed by atoms with van der Waals surface area (Å²) in [6.07, 6.45) is -0.299. The summed E-state index contributed by atoms with van der Waals surface area (Å²) in [4.78, 5) is 4.27. The predicted octanol–water partition coefficient (Wildman–Crippen LogP) is 0.716. The van der Waals surface area contributed by atoms with Crippen molar-refractivity contribution in [3.05, 3.63) is 11.5 Å². The lowest BCUT2D eigenvalue weighted by Crippen LogP contribution is -2.19. The van der Waals surface area contributed by atoms with Crippen LogP contribution in [-0.2, 0) is 0 Å². The van der Waals surface area contributed by atoms with E-state index >= 15 is 0 Å². The van der Waals surface area contributed by atoms with Crippen LogP contribution in [0.5, 0.6) is 0 Å². The zero-order valence-corrected chi connectivity index (χ0v) is 9.10. The van der Waals surface area contributed by atoms with Gasteiger partial charge in [-0.15, -0.1) is 0 Å². The highest BCUT2D eigenvalue weighted by Crippen LogP contribution is 2.27. The molecule has 1 saturated heterocycles. The van der Waals surface area contributed by atoms with Crippen molar-refractivity contribution < 1.29 is 9.52 Å². The van der Waals surface area contributed by atoms with Gasteiger partial charge >= 0.3 is 0 Å². The van der Waals surface area contributed by atoms with Gasteiger partial charge in [-0.25, -0.2) is 4.98 Å². The van der Waals surface area contributed by atoms with E-state index in [1.165, 1.54) is 11.8 Å². The Kier molecular flexibility index (Phi) is 2.80. The molecule has 1 fully saturated rings. The van der Waals surface area contributed by atoms with Gasteiger partial charge in [0, 0.05) is 13.1 Å². The average Bonchev–Trinajstić information content (AvgIpc) is 2.63. The lowest BCUT2D eigenvalue weighted by Gasteiger charge is -2.08. The van der Waals surface area contributed by atoms with Gasteiger partial charge in [-0.3, -0.25) is 0 Å². The molecule has 2 heterocycles. The normalized spacial score (nSPS) is 27.1. The Bertz CT molecular complexity index is 307. The molecule has 0 aromatic carbocycles. The van der Waals surface area contributed by atoms with Crippen LogP contribution in [0.1, 0.15) is 11.5 Å². The molecule has 2 atom stereocenters. The van der Waals surface area contributed by atoms with E-state index in [9.17, 15) is 5.11 Å². The summed E-state index contributed by atoms with van der Waals surface area (Å²) in [5.74, 6) is 0.855. The summed E-state index contributed by atoms with van der Waals surface area (Å²) in [6, 6.07) is 0. The lowest BCUT2D eigenvalue weighted by atomic mass is 10.3. The van der Waals surface area contributed by atoms with E-state index in [-0.39, 0.29) is 11.4 Å². The summed E-state index contributed by atoms with van der Waals surface area (Å²) in [5.41, 5.74) is 0.924. The number of aliphatic hydroxyl groups excluding tert-OH is 1. The molecule has 4 nitrogen and oxygen atoms in total. The van der Waals surface area contributed by atoms with Crippen LogP contribution in [0.2, 0.25) is 0 Å². The molecule has 0 spiro atoms. The van der Waals surface area contributed by atoms with Crippen molar-refractivity contribution in [2.75, 3.05) is 13.1 Å². The van der Waals surface area contributed by atoms with Gasteiger partial charge in [-0.1, -0.05) is 11.8 Å². The van der Waals surface area contributed by atoms with Crippen molar-refractivity contribution >= 4 is 11.8 Å². The minimum atomic E-state index is -0.299. The van der Waals surface area contributed by atoms with Crippen molar-refractivity contribution in [1.82, 2.24) is 10.3 Å². The number of thioether (sulfide) groups is 1. The fourth-order valence-corrected chi connectivity index (χ4v) is 2.46. The average molecular weight is 214 g/mol. The first-order valence-corrected chi connectivity index (χ1v) is 5.54. The van der Waals surface area contributed by atoms with Crippen LogP contribution < -0.4 is 5.32 Å². The summed E-state index contributed by atoms with van der Waals surface area (Å²) < 4.78 is 5.44. The standard InChI is InChI=1S/C9H14N2O2S/c1-5-6(2)13-9(11-5)14-8-4-10-3-7(8)12/h7-8,10,12H,3-4H2,1-2H3. The molecule has 0 amide bonds. The van der Waals surface area contributed by atoms with Crippen molar-refractivity contribution in [2.45, 2.75) is 30.4 Å². The summed E-state index contributed by atoms with van der Waals surface area (Å²) >= 11 is 1.50. The first-order chi connectivity index (χ1) is 6.66. The number of aromatic nitrogens is 1. The molecule has 2 rings (SSSR count). The molecule has 0 aliphatic carbocycles. The summed E-state index contributed by atoms with van der Waals surface area (Å²) in [5, 5.41) is 13.5. The Balaban J connectivity index is 2.03. The van der Waals surface area contributed by atoms with Gasteiger partial charge in [0.2, 0.25) is 0 Å². The molecule has 1 aromatic rings. The van der Waals surface area contributed by atoms with E-state index in [1.54, 1.807) is 0 Å². The second-order valence-electron chi connectivity index (χ2n) is 3.50. The summed E-state index contributed by atoms with van der Waals surface area (Å²) in [6.45, 7) is 5.30. The minimum absolute atomic E-state index is 0.160. The monoisotopic (exact) mass is 214 g/mol. The van der Waals surface area contributed by atoms with E-state index in [0.717, 1.165) is 18.0 Å². The SMILES string of the molecule is Cc1nc(SC2CNCC2O)oc1C. The lowest BCUT2D eigenvalue weighted by molar-refractivity contribution is 0.200. The van der Waals surface area contributed by atoms with Crippen LogP contribution in [0.15, 0.2) is 9.64 Å². The molecule has 1 aromatic heterocycles. The van der Waals surface area contributed by atoms with Gasteiger partial charge in [0.05, 0.1) is 17.0 Å². The quantitative estimate of drug-likeness (QED) is 0.759. The van der Waals surface area contributed by atoms with Crippen LogP contribution in [0, 0.1) is 13.8 Å². The number of aliphatic hydroxyl groups is 1. The Hall–Kier alpha value is -0.520. The van der Waals surface area contributed by atoms with Gasteiger partial charge in [-0.05, 0) is 13.8 Å². The van der Waals surface area contributed by atoms with Crippen LogP contribution in [-0.4, -0.2) is 34.5 Å². The van der Waals surface area contributed by atoms with Crippen LogP contribution in [0.3, 0.4) is 0 Å². The van der Waals surface area contributed by atoms with Gasteiger partial charge in [0.15, 0.2) is 0 Å². The van der Waals surface area contributed by atoms with Gasteiger partial charge in [0.25, 0.3) is 5.22 Å². The highest BCUT2D eigenvalue weighted by molar-refractivity contribution is 7.99. The molecule has 2 N–H and O–H groups in total. The Morgan fingerprint density at radius 1 is 1.50 bits per heavy atom. The van der Waals surface area contributed by atoms with Gasteiger partial charge in [0.1, 0.15) is 5.76 Å². The highest BCUT2D eigenvalue weighted by Gasteiger charge is 2.27. The summed E-state index contributed by atoms with van der Waals surface area (Å²) in [7, 11) is 0. The van der Waals surface area contributed by atoms with E-state index in [0.29, 0.717) is 11.8 Å². The van der Waals surface area contributed by atoms with Gasteiger partial charge < -0.3 is 14.8 Å². The predicted molar refractivity (Wildman–Crippen MR) is 54.5 cm³/mol. The topological polar surface area (TPSA) is 58.3 Å².